The number of unbranched alkanes of at least 4 members (excludes halogenated alkanes) is 45. The largest absolute Gasteiger partial charge is 0.466 e. The van der Waals surface area contributed by atoms with Gasteiger partial charge in [0.25, 0.3) is 0 Å². The second-order valence-electron chi connectivity index (χ2n) is 21.6. The molecule has 0 aliphatic carbocycles. The van der Waals surface area contributed by atoms with E-state index in [9.17, 15) is 24.9 Å². The van der Waals surface area contributed by atoms with Crippen LogP contribution in [0.4, 0.5) is 0 Å². The minimum atomic E-state index is -5.51. The zero-order valence-electron chi connectivity index (χ0n) is 46.1. The first-order chi connectivity index (χ1) is 33.1. The quantitative estimate of drug-likeness (QED) is 0.0215. The van der Waals surface area contributed by atoms with Crippen molar-refractivity contribution in [2.24, 2.45) is 0 Å². The molecule has 0 saturated carbocycles. The number of aliphatic hydroxyl groups excluding tert-OH is 2. The second-order valence-corrected chi connectivity index (χ2v) is 25.4. The van der Waals surface area contributed by atoms with E-state index in [-0.39, 0.29) is 6.16 Å². The Bertz CT molecular complexity index is 1020. The molecule has 0 aromatic carbocycles. The molecule has 0 heterocycles. The fraction of sp³-hybridized carbons (Fsp3) is 1.00. The fourth-order valence-electron chi connectivity index (χ4n) is 10.1. The van der Waals surface area contributed by atoms with Crippen molar-refractivity contribution in [3.8, 4) is 0 Å². The van der Waals surface area contributed by atoms with E-state index in [0.717, 1.165) is 57.8 Å². The van der Waals surface area contributed by atoms with Gasteiger partial charge >= 0.3 is 268 Å². The molecule has 0 rings (SSSR count). The van der Waals surface area contributed by atoms with Crippen LogP contribution in [0.15, 0.2) is 0 Å². The molecule has 0 amide bonds. The fourth-order valence-corrected chi connectivity index (χ4v) is 12.0. The molecule has 0 radical (unpaired) electrons. The van der Waals surface area contributed by atoms with Crippen LogP contribution in [-0.4, -0.2) is 64.0 Å². The molecule has 0 aliphatic heterocycles. The third-order valence-electron chi connectivity index (χ3n) is 14.5. The maximum Gasteiger partial charge on any atom is 0.466 e. The summed E-state index contributed by atoms with van der Waals surface area (Å²) in [6, 6.07) is 0. The average Bonchev–Trinajstić information content (AvgIpc) is 3.29. The molecule has 0 aromatic heterocycles. The molecule has 0 fully saturated rings. The average molecular weight is 1030 g/mol. The van der Waals surface area contributed by atoms with Gasteiger partial charge in [0.05, 0.1) is 0 Å². The summed E-state index contributed by atoms with van der Waals surface area (Å²) in [7, 11) is -10.2. The van der Waals surface area contributed by atoms with Crippen molar-refractivity contribution in [2.75, 3.05) is 12.8 Å². The molecule has 10 nitrogen and oxygen atoms in total. The van der Waals surface area contributed by atoms with Gasteiger partial charge in [-0.3, -0.25) is 0 Å². The molecule has 8 N–H and O–H groups in total. The van der Waals surface area contributed by atoms with Crippen LogP contribution in [0.2, 0.25) is 0 Å². The summed E-state index contributed by atoms with van der Waals surface area (Å²) < 4.78 is 15.0. The van der Waals surface area contributed by atoms with Crippen LogP contribution in [0.3, 0.4) is 0 Å². The van der Waals surface area contributed by atoms with Gasteiger partial charge in [-0.15, -0.1) is 0 Å². The van der Waals surface area contributed by atoms with E-state index in [1.807, 2.05) is 0 Å². The number of phosphoric acid groups is 1. The Morgan fingerprint density at radius 2 is 0.536 bits per heavy atom. The Morgan fingerprint density at radius 3 is 0.725 bits per heavy atom. The van der Waals surface area contributed by atoms with Gasteiger partial charge in [0, 0.05) is 0 Å². The molecule has 69 heavy (non-hydrogen) atoms. The molecule has 0 aromatic rings. The molecular weight excluding hydrogens is 907 g/mol. The first-order valence-corrected chi connectivity index (χ1v) is 33.9. The summed E-state index contributed by atoms with van der Waals surface area (Å²) in [4.78, 5) is 55.7. The first-order valence-electron chi connectivity index (χ1n) is 30.2. The van der Waals surface area contributed by atoms with Gasteiger partial charge in [-0.05, 0) is 0 Å². The van der Waals surface area contributed by atoms with Gasteiger partial charge < -0.3 is 14.7 Å². The Balaban J connectivity index is 0. The number of hydrogen-bond acceptors (Lipinski definition) is 7. The van der Waals surface area contributed by atoms with Crippen molar-refractivity contribution in [2.45, 2.75) is 354 Å². The summed E-state index contributed by atoms with van der Waals surface area (Å²) >= 11 is 0. The topological polar surface area (TPSA) is 188 Å². The minimum Gasteiger partial charge on any atom is -0.303 e. The second kappa shape index (κ2) is 50.5. The van der Waals surface area contributed by atoms with Crippen LogP contribution in [-0.2, 0) is 9.09 Å². The third-order valence-corrected chi connectivity index (χ3v) is 16.3. The van der Waals surface area contributed by atoms with Crippen molar-refractivity contribution in [1.82, 2.24) is 0 Å². The normalized spacial score (nSPS) is 13.3. The van der Waals surface area contributed by atoms with Gasteiger partial charge in [-0.1, -0.05) is 143 Å². The van der Waals surface area contributed by atoms with Gasteiger partial charge in [0.1, 0.15) is 0 Å². The standard InChI is InChI=1S/C57H119O6P.H3O4P/c1-4-7-10-13-16-19-22-25-28-31-34-37-40-43-46-49-52-57(56(59)55-58,53-50-47-44-41-38-35-32-29-26-23-20-17-14-11-8-5-2)63-64(60,61,62)54-51-48-45-42-39-36-33-30-27-24-21-18-15-12-9-6-3;1-5(2,3)4/h56,58-62H,4-55H2,1-3H3;(H3,1,2,3,4). The summed E-state index contributed by atoms with van der Waals surface area (Å²) in [5.74, 6) is 0. The van der Waals surface area contributed by atoms with Crippen LogP contribution in [0.5, 0.6) is 0 Å². The number of aliphatic hydroxyl groups is 2. The van der Waals surface area contributed by atoms with Crippen LogP contribution >= 0.6 is 15.3 Å². The summed E-state index contributed by atoms with van der Waals surface area (Å²) in [6.45, 7) is 6.31. The number of rotatable bonds is 55. The molecular formula is C57H122O10P2. The Labute approximate surface area is 428 Å². The SMILES string of the molecule is CCCCCCCCCCCCCCCCCCC(CCCCCCCCCCCCCCCCCC)(OP(O)(O)(O)CCCCCCCCCCCCCCCCCC)C(O)CO.O=P(O)(O)O. The van der Waals surface area contributed by atoms with Crippen molar-refractivity contribution in [3.63, 3.8) is 0 Å². The minimum absolute atomic E-state index is 0.206. The molecule has 1 atom stereocenters. The van der Waals surface area contributed by atoms with Crippen molar-refractivity contribution in [1.29, 1.82) is 0 Å². The first kappa shape index (κ1) is 71.4. The zero-order chi connectivity index (χ0) is 51.5. The van der Waals surface area contributed by atoms with Gasteiger partial charge in [-0.25, -0.2) is 4.57 Å². The van der Waals surface area contributed by atoms with Crippen LogP contribution in [0, 0.1) is 0 Å². The maximum atomic E-state index is 11.4. The maximum absolute atomic E-state index is 11.4. The van der Waals surface area contributed by atoms with Crippen LogP contribution < -0.4 is 0 Å². The van der Waals surface area contributed by atoms with Gasteiger partial charge in [0.15, 0.2) is 0 Å². The summed E-state index contributed by atoms with van der Waals surface area (Å²) in [6.07, 6.45) is 59.4. The Morgan fingerprint density at radius 1 is 0.362 bits per heavy atom. The van der Waals surface area contributed by atoms with E-state index >= 15 is 0 Å². The molecule has 0 spiro atoms. The monoisotopic (exact) mass is 1030 g/mol. The van der Waals surface area contributed by atoms with E-state index in [0.29, 0.717) is 19.3 Å². The molecule has 1 unspecified atom stereocenters. The molecule has 0 saturated heterocycles. The molecule has 420 valence electrons. The van der Waals surface area contributed by atoms with E-state index < -0.39 is 33.6 Å². The van der Waals surface area contributed by atoms with Crippen molar-refractivity contribution in [3.05, 3.63) is 0 Å². The molecule has 0 aliphatic rings. The van der Waals surface area contributed by atoms with E-state index in [1.54, 1.807) is 0 Å². The predicted octanol–water partition coefficient (Wildman–Crippen LogP) is 17.9. The number of hydrogen-bond donors (Lipinski definition) is 8. The van der Waals surface area contributed by atoms with Gasteiger partial charge in [0.2, 0.25) is 0 Å². The predicted molar refractivity (Wildman–Crippen MR) is 297 cm³/mol. The van der Waals surface area contributed by atoms with E-state index in [4.69, 9.17) is 23.8 Å². The summed E-state index contributed by atoms with van der Waals surface area (Å²) in [5.41, 5.74) is -1.37. The molecule has 0 bridgehead atoms. The van der Waals surface area contributed by atoms with Crippen molar-refractivity contribution >= 4 is 15.3 Å². The summed E-state index contributed by atoms with van der Waals surface area (Å²) in [5, 5.41) is 21.6. The van der Waals surface area contributed by atoms with Crippen LogP contribution in [0.25, 0.3) is 0 Å². The smallest absolute Gasteiger partial charge is 0.303 e. The Kier molecular flexibility index (Phi) is 52.2. The molecule has 12 heteroatoms. The Hall–Kier alpha value is 0.300. The van der Waals surface area contributed by atoms with Crippen molar-refractivity contribution < 1.29 is 48.7 Å². The third kappa shape index (κ3) is 55.9. The van der Waals surface area contributed by atoms with Crippen LogP contribution in [0.1, 0.15) is 342 Å². The zero-order valence-corrected chi connectivity index (χ0v) is 47.9. The van der Waals surface area contributed by atoms with Gasteiger partial charge in [-0.2, -0.15) is 0 Å². The van der Waals surface area contributed by atoms with E-state index in [1.165, 1.54) is 244 Å². The van der Waals surface area contributed by atoms with E-state index in [2.05, 4.69) is 20.8 Å².